The van der Waals surface area contributed by atoms with Crippen molar-refractivity contribution in [2.24, 2.45) is 14.1 Å². The lowest BCUT2D eigenvalue weighted by molar-refractivity contribution is -0.124. The molecule has 0 bridgehead atoms. The van der Waals surface area contributed by atoms with E-state index in [1.165, 1.54) is 23.2 Å². The first-order chi connectivity index (χ1) is 13.7. The number of nitrogens with one attached hydrogen (secondary N) is 2. The first-order valence-electron chi connectivity index (χ1n) is 8.33. The average Bonchev–Trinajstić information content (AvgIpc) is 3.01. The fourth-order valence-electron chi connectivity index (χ4n) is 2.70. The van der Waals surface area contributed by atoms with E-state index in [0.717, 1.165) is 4.57 Å². The van der Waals surface area contributed by atoms with Crippen LogP contribution in [0.4, 0.5) is 5.69 Å². The van der Waals surface area contributed by atoms with E-state index in [0.29, 0.717) is 10.2 Å². The van der Waals surface area contributed by atoms with Gasteiger partial charge in [-0.2, -0.15) is 4.98 Å². The smallest absolute Gasteiger partial charge is 0.332 e. The van der Waals surface area contributed by atoms with Crippen molar-refractivity contribution >= 4 is 56.2 Å². The second-order valence-electron chi connectivity index (χ2n) is 6.15. The molecule has 12 heteroatoms. The number of carbonyl (C=O) groups excluding carboxylic acids is 2. The monoisotopic (exact) mass is 482 g/mol. The van der Waals surface area contributed by atoms with E-state index >= 15 is 0 Å². The minimum atomic E-state index is -0.623. The minimum Gasteiger partial charge on any atom is -0.345 e. The first kappa shape index (κ1) is 20.8. The molecule has 2 amide bonds. The number of hydrogen-bond acceptors (Lipinski definition) is 5. The number of carbonyl (C=O) groups is 2. The topological polar surface area (TPSA) is 120 Å². The zero-order chi connectivity index (χ0) is 21.3. The van der Waals surface area contributed by atoms with Gasteiger partial charge >= 0.3 is 5.69 Å². The van der Waals surface area contributed by atoms with Crippen LogP contribution in [0.1, 0.15) is 0 Å². The third-order valence-corrected chi connectivity index (χ3v) is 5.18. The number of rotatable bonds is 5. The average molecular weight is 484 g/mol. The summed E-state index contributed by atoms with van der Waals surface area (Å²) in [6.07, 6.45) is 0. The molecule has 10 nitrogen and oxygen atoms in total. The minimum absolute atomic E-state index is 0.0208. The maximum atomic E-state index is 12.4. The number of fused-ring (bicyclic) bond motifs is 1. The van der Waals surface area contributed by atoms with Crippen molar-refractivity contribution in [2.75, 3.05) is 11.9 Å². The molecule has 3 aromatic rings. The highest BCUT2D eigenvalue weighted by molar-refractivity contribution is 9.10. The van der Waals surface area contributed by atoms with Gasteiger partial charge in [0.1, 0.15) is 6.54 Å². The van der Waals surface area contributed by atoms with Gasteiger partial charge < -0.3 is 10.6 Å². The molecule has 2 heterocycles. The third-order valence-electron chi connectivity index (χ3n) is 4.20. The molecule has 0 spiro atoms. The number of amides is 2. The number of aromatic nitrogens is 4. The lowest BCUT2D eigenvalue weighted by Gasteiger charge is -2.10. The molecular weight excluding hydrogens is 468 g/mol. The van der Waals surface area contributed by atoms with E-state index in [1.807, 2.05) is 0 Å². The number of nitrogens with zero attached hydrogens (tertiary/aromatic N) is 4. The van der Waals surface area contributed by atoms with Gasteiger partial charge in [-0.05, 0) is 39.7 Å². The van der Waals surface area contributed by atoms with Crippen LogP contribution in [0.15, 0.2) is 38.3 Å². The number of imidazole rings is 1. The van der Waals surface area contributed by atoms with Crippen molar-refractivity contribution in [3.8, 4) is 0 Å². The summed E-state index contributed by atoms with van der Waals surface area (Å²) >= 11 is 9.39. The Balaban J connectivity index is 1.74. The van der Waals surface area contributed by atoms with Crippen LogP contribution >= 0.6 is 27.5 Å². The van der Waals surface area contributed by atoms with Crippen LogP contribution in [0.2, 0.25) is 5.28 Å². The van der Waals surface area contributed by atoms with Gasteiger partial charge in [0.05, 0.1) is 12.2 Å². The Kier molecular flexibility index (Phi) is 5.89. The number of anilines is 1. The highest BCUT2D eigenvalue weighted by Crippen LogP contribution is 2.20. The molecular formula is C17H16BrClN6O4. The molecule has 0 aliphatic carbocycles. The van der Waals surface area contributed by atoms with Crippen LogP contribution in [-0.4, -0.2) is 37.0 Å². The van der Waals surface area contributed by atoms with E-state index < -0.39 is 23.1 Å². The van der Waals surface area contributed by atoms with Crippen molar-refractivity contribution in [3.05, 3.63) is 54.9 Å². The fourth-order valence-corrected chi connectivity index (χ4v) is 3.31. The normalized spacial score (nSPS) is 10.9. The Morgan fingerprint density at radius 1 is 1.14 bits per heavy atom. The summed E-state index contributed by atoms with van der Waals surface area (Å²) in [7, 11) is 2.77. The second-order valence-corrected chi connectivity index (χ2v) is 7.34. The molecule has 152 valence electrons. The summed E-state index contributed by atoms with van der Waals surface area (Å²) < 4.78 is 3.97. The van der Waals surface area contributed by atoms with Gasteiger partial charge in [-0.25, -0.2) is 4.79 Å². The number of benzene rings is 1. The second kappa shape index (κ2) is 8.21. The van der Waals surface area contributed by atoms with Crippen LogP contribution in [0.5, 0.6) is 0 Å². The van der Waals surface area contributed by atoms with Crippen molar-refractivity contribution in [3.63, 3.8) is 0 Å². The van der Waals surface area contributed by atoms with Crippen molar-refractivity contribution in [2.45, 2.75) is 6.54 Å². The van der Waals surface area contributed by atoms with Gasteiger partial charge in [-0.1, -0.05) is 12.1 Å². The zero-order valence-electron chi connectivity index (χ0n) is 15.4. The maximum Gasteiger partial charge on any atom is 0.332 e. The molecule has 0 unspecified atom stereocenters. The summed E-state index contributed by atoms with van der Waals surface area (Å²) in [5.74, 6) is -0.977. The van der Waals surface area contributed by atoms with Crippen LogP contribution in [0.3, 0.4) is 0 Å². The highest BCUT2D eigenvalue weighted by atomic mass is 79.9. The van der Waals surface area contributed by atoms with Crippen molar-refractivity contribution in [1.82, 2.24) is 24.0 Å². The van der Waals surface area contributed by atoms with E-state index in [4.69, 9.17) is 11.6 Å². The first-order valence-corrected chi connectivity index (χ1v) is 9.50. The lowest BCUT2D eigenvalue weighted by Crippen LogP contribution is -2.38. The van der Waals surface area contributed by atoms with E-state index in [9.17, 15) is 19.2 Å². The molecule has 2 aromatic heterocycles. The molecule has 29 heavy (non-hydrogen) atoms. The van der Waals surface area contributed by atoms with E-state index in [2.05, 4.69) is 31.5 Å². The summed E-state index contributed by atoms with van der Waals surface area (Å²) in [5, 5.41) is 5.00. The molecule has 3 rings (SSSR count). The Bertz CT molecular complexity index is 1250. The number of aryl methyl sites for hydroxylation is 1. The number of para-hydroxylation sites is 1. The van der Waals surface area contributed by atoms with Gasteiger partial charge in [0.25, 0.3) is 5.56 Å². The third kappa shape index (κ3) is 4.10. The summed E-state index contributed by atoms with van der Waals surface area (Å²) in [6, 6.07) is 7.05. The Labute approximate surface area is 177 Å². The van der Waals surface area contributed by atoms with Crippen LogP contribution in [-0.2, 0) is 30.2 Å². The quantitative estimate of drug-likeness (QED) is 0.515. The molecule has 0 saturated carbocycles. The molecule has 0 radical (unpaired) electrons. The Hall–Kier alpha value is -2.92. The maximum absolute atomic E-state index is 12.4. The predicted octanol–water partition coefficient (Wildman–Crippen LogP) is 0.604. The van der Waals surface area contributed by atoms with Gasteiger partial charge in [0, 0.05) is 18.6 Å². The van der Waals surface area contributed by atoms with Crippen molar-refractivity contribution in [1.29, 1.82) is 0 Å². The lowest BCUT2D eigenvalue weighted by atomic mass is 10.3. The van der Waals surface area contributed by atoms with Crippen molar-refractivity contribution < 1.29 is 9.59 Å². The molecule has 0 aliphatic heterocycles. The molecule has 0 fully saturated rings. The summed E-state index contributed by atoms with van der Waals surface area (Å²) in [5.41, 5.74) is -0.520. The van der Waals surface area contributed by atoms with Crippen LogP contribution in [0, 0.1) is 0 Å². The largest absolute Gasteiger partial charge is 0.345 e. The van der Waals surface area contributed by atoms with Gasteiger partial charge in [0.2, 0.25) is 17.1 Å². The molecule has 1 aromatic carbocycles. The molecule has 2 N–H and O–H groups in total. The van der Waals surface area contributed by atoms with E-state index in [-0.39, 0.29) is 29.5 Å². The van der Waals surface area contributed by atoms with Gasteiger partial charge in [-0.3, -0.25) is 28.1 Å². The standard InChI is InChI=1S/C17H16BrClN6O4/c1-23-14-13(15(28)24(2)17(23)29)25(16(19)22-14)8-12(27)20-7-11(26)21-10-6-4-3-5-9(10)18/h3-6H,7-8H2,1-2H3,(H,20,27)(H,21,26). The number of halogens is 2. The van der Waals surface area contributed by atoms with Gasteiger partial charge in [-0.15, -0.1) is 0 Å². The Morgan fingerprint density at radius 3 is 2.52 bits per heavy atom. The molecule has 0 atom stereocenters. The SMILES string of the molecule is Cn1c(=O)c2c(nc(Cl)n2CC(=O)NCC(=O)Nc2ccccc2Br)n(C)c1=O. The number of hydrogen-bond donors (Lipinski definition) is 2. The Morgan fingerprint density at radius 2 is 1.83 bits per heavy atom. The molecule has 0 saturated heterocycles. The zero-order valence-corrected chi connectivity index (χ0v) is 17.7. The highest BCUT2D eigenvalue weighted by Gasteiger charge is 2.20. The van der Waals surface area contributed by atoms with Crippen LogP contribution in [0.25, 0.3) is 11.2 Å². The summed E-state index contributed by atoms with van der Waals surface area (Å²) in [6.45, 7) is -0.619. The fraction of sp³-hybridized carbons (Fsp3) is 0.235. The predicted molar refractivity (Wildman–Crippen MR) is 111 cm³/mol. The van der Waals surface area contributed by atoms with Gasteiger partial charge in [0.15, 0.2) is 11.2 Å². The molecule has 0 aliphatic rings. The van der Waals surface area contributed by atoms with Crippen LogP contribution < -0.4 is 21.9 Å². The van der Waals surface area contributed by atoms with E-state index in [1.54, 1.807) is 24.3 Å². The summed E-state index contributed by atoms with van der Waals surface area (Å²) in [4.78, 5) is 52.8.